The molecular weight excluding hydrogens is 553 g/mol. The summed E-state index contributed by atoms with van der Waals surface area (Å²) in [4.78, 5) is 43.7. The number of amides is 2. The number of nitrogens with zero attached hydrogens (tertiary/aromatic N) is 3. The fourth-order valence-electron chi connectivity index (χ4n) is 7.84. The molecule has 7 N–H and O–H groups in total. The summed E-state index contributed by atoms with van der Waals surface area (Å²) in [7, 11) is 10.9. The number of nitrogens with one attached hydrogen (secondary N) is 1. The Morgan fingerprint density at radius 3 is 2.47 bits per heavy atom. The molecule has 4 aliphatic rings. The number of hydrogen-bond donors (Lipinski definition) is 6. The molecule has 230 valence electrons. The van der Waals surface area contributed by atoms with Crippen molar-refractivity contribution < 1.29 is 34.8 Å². The van der Waals surface area contributed by atoms with Gasteiger partial charge in [0.2, 0.25) is 5.91 Å². The van der Waals surface area contributed by atoms with Gasteiger partial charge in [0.05, 0.1) is 0 Å². The second kappa shape index (κ2) is 10.8. The number of phenols is 1. The number of aliphatic hydroxyl groups excluding tert-OH is 2. The molecule has 1 heterocycles. The van der Waals surface area contributed by atoms with Crippen molar-refractivity contribution in [1.29, 1.82) is 0 Å². The van der Waals surface area contributed by atoms with Crippen molar-refractivity contribution in [3.63, 3.8) is 0 Å². The number of aromatic hydroxyl groups is 1. The number of rotatable bonds is 6. The number of likely N-dealkylation sites (tertiary alicyclic amines) is 1. The molecule has 0 saturated carbocycles. The number of phenolic OH excluding ortho intramolecular Hbond substituents is 1. The Bertz CT molecular complexity index is 1500. The SMILES string of the molecule is B=C1C(C(N)=O)=C(O)[C@@H](N(C)C)[C@@H]2C[C@@H]3Cc4c(c(O)cc(CN5CC[C@H](NC(C)=O)C5)c4N(C)C)C(=O)C3=C(O)[C@]12O. The second-order valence-electron chi connectivity index (χ2n) is 12.7. The predicted octanol–water partition coefficient (Wildman–Crippen LogP) is -0.599. The first-order chi connectivity index (χ1) is 20.1. The van der Waals surface area contributed by atoms with E-state index in [0.717, 1.165) is 24.2 Å². The topological polar surface area (TPSA) is 180 Å². The van der Waals surface area contributed by atoms with E-state index in [1.165, 1.54) is 6.92 Å². The van der Waals surface area contributed by atoms with E-state index in [-0.39, 0.29) is 58.5 Å². The van der Waals surface area contributed by atoms with Crippen LogP contribution in [-0.4, -0.2) is 120 Å². The number of nitrogens with two attached hydrogens (primary N) is 1. The summed E-state index contributed by atoms with van der Waals surface area (Å²) in [5.74, 6) is -4.30. The monoisotopic (exact) mass is 593 g/mol. The quantitative estimate of drug-likeness (QED) is 0.233. The van der Waals surface area contributed by atoms with Crippen molar-refractivity contribution in [2.75, 3.05) is 46.2 Å². The number of carbonyl (C=O) groups is 3. The molecule has 1 aromatic rings. The van der Waals surface area contributed by atoms with Gasteiger partial charge in [-0.25, -0.2) is 0 Å². The first kappa shape index (κ1) is 30.8. The number of Topliss-reactive ketones (excluding diaryl/α,β-unsaturated/α-hetero) is 1. The van der Waals surface area contributed by atoms with Gasteiger partial charge in [0, 0.05) is 13.0 Å². The Hall–Kier alpha value is -3.68. The van der Waals surface area contributed by atoms with E-state index >= 15 is 0 Å². The molecule has 2 amide bonds. The molecule has 5 atom stereocenters. The van der Waals surface area contributed by atoms with Crippen molar-refractivity contribution in [3.05, 3.63) is 45.4 Å². The van der Waals surface area contributed by atoms with Crippen LogP contribution in [0.2, 0.25) is 0 Å². The van der Waals surface area contributed by atoms with Crippen LogP contribution in [0.5, 0.6) is 5.75 Å². The molecule has 0 radical (unpaired) electrons. The zero-order chi connectivity index (χ0) is 31.7. The van der Waals surface area contributed by atoms with Crippen LogP contribution in [0.15, 0.2) is 28.7 Å². The first-order valence-corrected chi connectivity index (χ1v) is 14.4. The number of likely N-dealkylation sites (N-methyl/N-ethyl adjacent to an activating group) is 1. The van der Waals surface area contributed by atoms with Crippen molar-refractivity contribution in [1.82, 2.24) is 15.1 Å². The van der Waals surface area contributed by atoms with E-state index in [4.69, 9.17) is 5.73 Å². The zero-order valence-corrected chi connectivity index (χ0v) is 25.3. The molecule has 3 aliphatic carbocycles. The van der Waals surface area contributed by atoms with E-state index in [1.807, 2.05) is 19.0 Å². The maximum absolute atomic E-state index is 14.1. The summed E-state index contributed by atoms with van der Waals surface area (Å²) in [5, 5.41) is 49.0. The third-order valence-electron chi connectivity index (χ3n) is 9.48. The van der Waals surface area contributed by atoms with Gasteiger partial charge in [0.25, 0.3) is 0 Å². The molecule has 12 nitrogen and oxygen atoms in total. The van der Waals surface area contributed by atoms with Crippen molar-refractivity contribution >= 4 is 36.2 Å². The summed E-state index contributed by atoms with van der Waals surface area (Å²) in [6.45, 7) is 3.41. The molecule has 43 heavy (non-hydrogen) atoms. The molecular formula is C30H40BN5O7. The zero-order valence-electron chi connectivity index (χ0n) is 25.3. The van der Waals surface area contributed by atoms with Gasteiger partial charge in [-0.05, 0) is 6.42 Å². The number of ketones is 1. The van der Waals surface area contributed by atoms with E-state index < -0.39 is 40.9 Å². The standard InChI is InChI=1S/C30H40BN5O7/c1-13(37)33-16-6-7-36(12-16)11-15-10-19(38)21-17(23(15)34(2)3)8-14-9-18-24(35(4)5)26(40)22(29(32)42)27(31)30(18,43)28(41)20(14)25(21)39/h10,14,16,18,24,31,38,40-41,43H,6-9,11-12H2,1-5H3,(H2,32,42)(H,33,37)/t14-,16-,18-,24-,30+/m0/s1. The first-order valence-electron chi connectivity index (χ1n) is 14.4. The minimum absolute atomic E-state index is 0.0411. The number of fused-ring (bicyclic) bond motifs is 3. The van der Waals surface area contributed by atoms with Gasteiger partial charge >= 0.3 is 216 Å². The Balaban J connectivity index is 1.60. The second-order valence-corrected chi connectivity index (χ2v) is 12.7. The predicted molar refractivity (Wildman–Crippen MR) is 163 cm³/mol. The third kappa shape index (κ3) is 4.74. The number of hydrogen-bond acceptors (Lipinski definition) is 10. The van der Waals surface area contributed by atoms with E-state index in [2.05, 4.69) is 17.7 Å². The number of allylic oxidation sites excluding steroid dienone is 1. The minimum atomic E-state index is -2.23. The molecule has 0 bridgehead atoms. The third-order valence-corrected chi connectivity index (χ3v) is 9.48. The number of anilines is 1. The molecule has 13 heteroatoms. The van der Waals surface area contributed by atoms with Crippen LogP contribution in [-0.2, 0) is 22.6 Å². The Morgan fingerprint density at radius 1 is 1.21 bits per heavy atom. The molecule has 5 rings (SSSR count). The molecule has 1 fully saturated rings. The van der Waals surface area contributed by atoms with E-state index in [0.29, 0.717) is 18.7 Å². The Labute approximate surface area is 251 Å². The van der Waals surface area contributed by atoms with Gasteiger partial charge in [-0.15, -0.1) is 0 Å². The molecule has 1 aliphatic heterocycles. The molecule has 0 aromatic heterocycles. The molecule has 1 saturated heterocycles. The van der Waals surface area contributed by atoms with Crippen LogP contribution in [0, 0.1) is 11.8 Å². The molecule has 1 aromatic carbocycles. The van der Waals surface area contributed by atoms with Crippen molar-refractivity contribution in [2.24, 2.45) is 17.6 Å². The van der Waals surface area contributed by atoms with Crippen molar-refractivity contribution in [2.45, 2.75) is 50.4 Å². The van der Waals surface area contributed by atoms with E-state index in [9.17, 15) is 34.8 Å². The number of aliphatic hydroxyl groups is 3. The average Bonchev–Trinajstić information content (AvgIpc) is 3.31. The maximum atomic E-state index is 14.1. The van der Waals surface area contributed by atoms with Crippen molar-refractivity contribution in [3.8, 4) is 5.75 Å². The fraction of sp³-hybridized carbons (Fsp3) is 0.533. The summed E-state index contributed by atoms with van der Waals surface area (Å²) in [6, 6.07) is 0.724. The van der Waals surface area contributed by atoms with Crippen LogP contribution in [0.25, 0.3) is 0 Å². The normalized spacial score (nSPS) is 29.0. The summed E-state index contributed by atoms with van der Waals surface area (Å²) >= 11 is 0. The van der Waals surface area contributed by atoms with Crippen LogP contribution in [0.4, 0.5) is 5.69 Å². The van der Waals surface area contributed by atoms with Crippen LogP contribution in [0.1, 0.15) is 41.3 Å². The van der Waals surface area contributed by atoms with Gasteiger partial charge in [0.15, 0.2) is 0 Å². The van der Waals surface area contributed by atoms with Gasteiger partial charge in [-0.1, -0.05) is 0 Å². The van der Waals surface area contributed by atoms with Crippen LogP contribution < -0.4 is 16.0 Å². The average molecular weight is 593 g/mol. The Kier molecular flexibility index (Phi) is 7.73. The van der Waals surface area contributed by atoms with Gasteiger partial charge in [-0.3, -0.25) is 4.79 Å². The summed E-state index contributed by atoms with van der Waals surface area (Å²) < 4.78 is 0. The molecule has 0 unspecified atom stereocenters. The van der Waals surface area contributed by atoms with Gasteiger partial charge in [0.1, 0.15) is 0 Å². The molecule has 0 spiro atoms. The fourth-order valence-corrected chi connectivity index (χ4v) is 7.84. The van der Waals surface area contributed by atoms with Gasteiger partial charge < -0.3 is 5.32 Å². The van der Waals surface area contributed by atoms with Crippen LogP contribution >= 0.6 is 0 Å². The van der Waals surface area contributed by atoms with Crippen LogP contribution in [0.3, 0.4) is 0 Å². The summed E-state index contributed by atoms with van der Waals surface area (Å²) in [6.07, 6.45) is 1.28. The van der Waals surface area contributed by atoms with E-state index in [1.54, 1.807) is 25.1 Å². The number of benzene rings is 1. The summed E-state index contributed by atoms with van der Waals surface area (Å²) in [5.41, 5.74) is 4.96. The number of carbonyl (C=O) groups excluding carboxylic acids is 3. The Morgan fingerprint density at radius 2 is 1.88 bits per heavy atom. The van der Waals surface area contributed by atoms with Gasteiger partial charge in [-0.2, -0.15) is 0 Å². The number of primary amides is 1.